The lowest BCUT2D eigenvalue weighted by Gasteiger charge is -2.46. The number of hydrogen-bond donors (Lipinski definition) is 6. The first-order chi connectivity index (χ1) is 32.6. The minimum atomic E-state index is -0.116. The zero-order chi connectivity index (χ0) is 49.1. The molecule has 0 amide bonds. The molecule has 0 unspecified atom stereocenters. The van der Waals surface area contributed by atoms with Gasteiger partial charge in [-0.2, -0.15) is 47.0 Å². The second kappa shape index (κ2) is 24.2. The zero-order valence-electron chi connectivity index (χ0n) is 42.2. The van der Waals surface area contributed by atoms with Crippen LogP contribution in [0.4, 0.5) is 0 Å². The molecule has 0 saturated heterocycles. The van der Waals surface area contributed by atoms with E-state index in [2.05, 4.69) is 61.1 Å². The first kappa shape index (κ1) is 54.5. The molecule has 8 aliphatic rings. The van der Waals surface area contributed by atoms with E-state index in [-0.39, 0.29) is 24.4 Å². The molecule has 2 aromatic rings. The number of ether oxygens (including phenoxy) is 4. The molecule has 0 spiro atoms. The van der Waals surface area contributed by atoms with E-state index in [1.54, 1.807) is 52.0 Å². The fourth-order valence-corrected chi connectivity index (χ4v) is 16.9. The van der Waals surface area contributed by atoms with Crippen LogP contribution >= 0.6 is 47.0 Å². The molecule has 0 bridgehead atoms. The van der Waals surface area contributed by atoms with Gasteiger partial charge in [-0.25, -0.2) is 0 Å². The summed E-state index contributed by atoms with van der Waals surface area (Å²) < 4.78 is 21.5. The average molecular weight is 1020 g/mol. The minimum Gasteiger partial charge on any atom is -0.497 e. The number of nitrogens with zero attached hydrogens (tertiary/aromatic N) is 2. The van der Waals surface area contributed by atoms with Gasteiger partial charge in [0.1, 0.15) is 23.0 Å². The summed E-state index contributed by atoms with van der Waals surface area (Å²) in [5.41, 5.74) is 14.0. The zero-order valence-corrected chi connectivity index (χ0v) is 45.5. The van der Waals surface area contributed by atoms with Crippen molar-refractivity contribution in [2.45, 2.75) is 134 Å². The van der Waals surface area contributed by atoms with Crippen molar-refractivity contribution in [3.05, 3.63) is 47.5 Å². The van der Waals surface area contributed by atoms with E-state index in [1.807, 2.05) is 47.8 Å². The van der Waals surface area contributed by atoms with Crippen LogP contribution in [-0.4, -0.2) is 167 Å². The molecule has 16 heteroatoms. The number of benzene rings is 2. The van der Waals surface area contributed by atoms with Gasteiger partial charge >= 0.3 is 0 Å². The Morgan fingerprint density at radius 2 is 0.765 bits per heavy atom. The summed E-state index contributed by atoms with van der Waals surface area (Å²) in [5.74, 6) is 7.97. The Morgan fingerprint density at radius 3 is 1.03 bits per heavy atom. The van der Waals surface area contributed by atoms with E-state index in [1.165, 1.54) is 11.1 Å². The number of aliphatic hydroxyl groups excluding tert-OH is 4. The van der Waals surface area contributed by atoms with E-state index < -0.39 is 0 Å². The summed E-state index contributed by atoms with van der Waals surface area (Å²) in [5, 5.41) is 41.9. The molecule has 68 heavy (non-hydrogen) atoms. The third-order valence-corrected chi connectivity index (χ3v) is 22.2. The molecule has 384 valence electrons. The van der Waals surface area contributed by atoms with Crippen LogP contribution in [0.3, 0.4) is 0 Å². The molecule has 2 aromatic carbocycles. The van der Waals surface area contributed by atoms with Gasteiger partial charge in [0.05, 0.1) is 52.9 Å². The van der Waals surface area contributed by atoms with Crippen LogP contribution in [0, 0.1) is 47.3 Å². The predicted octanol–water partition coefficient (Wildman–Crippen LogP) is 6.17. The van der Waals surface area contributed by atoms with Gasteiger partial charge in [0.2, 0.25) is 0 Å². The van der Waals surface area contributed by atoms with Crippen LogP contribution in [0.25, 0.3) is 0 Å². The van der Waals surface area contributed by atoms with E-state index in [9.17, 15) is 20.4 Å². The van der Waals surface area contributed by atoms with Crippen LogP contribution in [-0.2, 0) is 13.1 Å². The maximum atomic E-state index is 10.3. The Kier molecular flexibility index (Phi) is 19.4. The van der Waals surface area contributed by atoms with Crippen molar-refractivity contribution in [3.8, 4) is 23.0 Å². The van der Waals surface area contributed by atoms with Gasteiger partial charge in [-0.05, 0) is 150 Å². The quantitative estimate of drug-likeness (QED) is 0.127. The number of thioether (sulfide) groups is 4. The van der Waals surface area contributed by atoms with Gasteiger partial charge < -0.3 is 50.8 Å². The van der Waals surface area contributed by atoms with Crippen molar-refractivity contribution < 1.29 is 39.4 Å². The highest BCUT2D eigenvalue weighted by Crippen LogP contribution is 2.54. The van der Waals surface area contributed by atoms with Crippen molar-refractivity contribution in [2.75, 3.05) is 67.6 Å². The van der Waals surface area contributed by atoms with Crippen LogP contribution < -0.4 is 30.4 Å². The number of hydrogen-bond acceptors (Lipinski definition) is 16. The second-order valence-electron chi connectivity index (χ2n) is 20.9. The SMILES string of the molecule is COc1ccc(CN(C)[C@@H]2C[C@@H]3[C@@H](O)[C@H](SC)C[C@@H]32)c(OC)c1.COc1ccc(CN(C)[C@H]2C[C@H]3[C@H](O)[C@@H](SC)C[C@H]32)c(OC)c1.CS[C@@H]1C[C@H]2[C@H](C[C@H]2N)[C@H]1O.CS[C@H]1C[C@@H]2[C@@H](C[C@@H]2N)[C@@H]1O. The summed E-state index contributed by atoms with van der Waals surface area (Å²) in [4.78, 5) is 4.84. The molecule has 0 heterocycles. The van der Waals surface area contributed by atoms with Crippen molar-refractivity contribution in [1.29, 1.82) is 0 Å². The number of methoxy groups -OCH3 is 4. The maximum absolute atomic E-state index is 10.3. The van der Waals surface area contributed by atoms with Gasteiger partial charge in [0, 0.05) is 81.5 Å². The monoisotopic (exact) mass is 1020 g/mol. The van der Waals surface area contributed by atoms with Crippen LogP contribution in [0.5, 0.6) is 23.0 Å². The highest BCUT2D eigenvalue weighted by molar-refractivity contribution is 7.99. The molecular weight excluding hydrogens is 937 g/mol. The van der Waals surface area contributed by atoms with Gasteiger partial charge in [-0.1, -0.05) is 12.1 Å². The molecule has 8 fully saturated rings. The Labute approximate surface area is 424 Å². The van der Waals surface area contributed by atoms with Gasteiger partial charge in [0.15, 0.2) is 0 Å². The van der Waals surface area contributed by atoms with Crippen molar-refractivity contribution in [1.82, 2.24) is 9.80 Å². The first-order valence-corrected chi connectivity index (χ1v) is 30.0. The lowest BCUT2D eigenvalue weighted by atomic mass is 9.70. The lowest BCUT2D eigenvalue weighted by Crippen LogP contribution is -2.51. The maximum Gasteiger partial charge on any atom is 0.127 e. The van der Waals surface area contributed by atoms with Crippen molar-refractivity contribution in [3.63, 3.8) is 0 Å². The Bertz CT molecular complexity index is 1780. The summed E-state index contributed by atoms with van der Waals surface area (Å²) in [6.07, 6.45) is 16.8. The molecule has 10 rings (SSSR count). The second-order valence-corrected chi connectivity index (χ2v) is 25.2. The lowest BCUT2D eigenvalue weighted by molar-refractivity contribution is -0.0142. The van der Waals surface area contributed by atoms with E-state index in [0.717, 1.165) is 87.5 Å². The molecule has 8 aliphatic carbocycles. The topological polar surface area (TPSA) is 176 Å². The summed E-state index contributed by atoms with van der Waals surface area (Å²) in [7, 11) is 11.1. The predicted molar refractivity (Wildman–Crippen MR) is 284 cm³/mol. The van der Waals surface area contributed by atoms with E-state index in [4.69, 9.17) is 30.4 Å². The van der Waals surface area contributed by atoms with Crippen LogP contribution in [0.15, 0.2) is 36.4 Å². The van der Waals surface area contributed by atoms with Crippen LogP contribution in [0.2, 0.25) is 0 Å². The third-order valence-electron chi connectivity index (χ3n) is 17.9. The fourth-order valence-electron chi connectivity index (χ4n) is 13.4. The molecule has 20 atom stereocenters. The number of aliphatic hydroxyl groups is 4. The normalized spacial score (nSPS) is 39.9. The smallest absolute Gasteiger partial charge is 0.127 e. The Balaban J connectivity index is 0.000000142. The van der Waals surface area contributed by atoms with Gasteiger partial charge in [-0.3, -0.25) is 9.80 Å². The third kappa shape index (κ3) is 11.3. The Hall–Kier alpha value is -1.28. The highest BCUT2D eigenvalue weighted by Gasteiger charge is 2.56. The molecule has 0 radical (unpaired) electrons. The standard InChI is InChI=1S/2C18H27NO3S.2C8H15NOS/c2*1-19(10-11-5-6-12(21-2)7-16(11)22-3)15-8-14-13(15)9-17(23-4)18(14)20;2*1-11-7-3-4-5(8(7)10)2-6(4)9/h2*5-7,13-15,17-18,20H,8-10H2,1-4H3;2*4-8,10H,2-3,9H2,1H3/t2*13-,14-,15+,17+,18+;2*4-,5-,6+,7+,8+/m1010/s1. The molecule has 8 saturated carbocycles. The molecule has 12 nitrogen and oxygen atoms in total. The number of fused-ring (bicyclic) bond motifs is 4. The van der Waals surface area contributed by atoms with E-state index in [0.29, 0.717) is 92.5 Å². The largest absolute Gasteiger partial charge is 0.497 e. The number of rotatable bonds is 14. The number of nitrogens with two attached hydrogens (primary N) is 2. The summed E-state index contributed by atoms with van der Waals surface area (Å²) >= 11 is 7.20. The minimum absolute atomic E-state index is 0.0743. The molecule has 0 aliphatic heterocycles. The van der Waals surface area contributed by atoms with E-state index >= 15 is 0 Å². The fraction of sp³-hybridized carbons (Fsp3) is 0.769. The highest BCUT2D eigenvalue weighted by atomic mass is 32.2. The van der Waals surface area contributed by atoms with Crippen LogP contribution in [0.1, 0.15) is 62.5 Å². The van der Waals surface area contributed by atoms with Gasteiger partial charge in [0.25, 0.3) is 0 Å². The van der Waals surface area contributed by atoms with Crippen molar-refractivity contribution >= 4 is 47.0 Å². The first-order valence-electron chi connectivity index (χ1n) is 24.8. The van der Waals surface area contributed by atoms with Gasteiger partial charge in [-0.15, -0.1) is 0 Å². The summed E-state index contributed by atoms with van der Waals surface area (Å²) in [6.45, 7) is 1.72. The average Bonchev–Trinajstić information content (AvgIpc) is 3.93. The molecule has 0 aromatic heterocycles. The Morgan fingerprint density at radius 1 is 0.456 bits per heavy atom. The molecule has 8 N–H and O–H groups in total. The van der Waals surface area contributed by atoms with Crippen molar-refractivity contribution in [2.24, 2.45) is 58.8 Å². The molecular formula is C52H84N4O8S4. The summed E-state index contributed by atoms with van der Waals surface area (Å²) in [6, 6.07) is 13.9.